The van der Waals surface area contributed by atoms with Gasteiger partial charge in [0.2, 0.25) is 5.88 Å². The zero-order valence-electron chi connectivity index (χ0n) is 25.8. The van der Waals surface area contributed by atoms with Crippen LogP contribution in [0.5, 0.6) is 11.6 Å². The predicted octanol–water partition coefficient (Wildman–Crippen LogP) is 7.86. The van der Waals surface area contributed by atoms with Crippen LogP contribution in [0.25, 0.3) is 16.6 Å². The lowest BCUT2D eigenvalue weighted by Gasteiger charge is -2.41. The van der Waals surface area contributed by atoms with Gasteiger partial charge in [-0.2, -0.15) is 13.9 Å². The first-order valence-electron chi connectivity index (χ1n) is 14.6. The molecule has 4 heterocycles. The molecule has 0 saturated heterocycles. The van der Waals surface area contributed by atoms with E-state index in [-0.39, 0.29) is 23.1 Å². The molecular weight excluding hydrogens is 570 g/mol. The number of anilines is 2. The van der Waals surface area contributed by atoms with Crippen molar-refractivity contribution in [3.63, 3.8) is 0 Å². The minimum Gasteiger partial charge on any atom is -0.488 e. The molecule has 4 aromatic rings. The summed E-state index contributed by atoms with van der Waals surface area (Å²) >= 11 is 0. The highest BCUT2D eigenvalue weighted by Gasteiger charge is 2.40. The summed E-state index contributed by atoms with van der Waals surface area (Å²) in [6.45, 7) is 12.1. The number of nitrogens with one attached hydrogen (secondary N) is 1. The fraction of sp³-hybridized carbons (Fsp3) is 0.484. The number of pyridine rings is 2. The molecule has 0 spiro atoms. The topological polar surface area (TPSA) is 95.7 Å². The van der Waals surface area contributed by atoms with Crippen LogP contribution in [0.4, 0.5) is 20.4 Å². The van der Waals surface area contributed by atoms with Gasteiger partial charge in [0, 0.05) is 41.8 Å². The van der Waals surface area contributed by atoms with Crippen LogP contribution in [0.3, 0.4) is 0 Å². The second-order valence-electron chi connectivity index (χ2n) is 12.7. The lowest BCUT2D eigenvalue weighted by Crippen LogP contribution is -2.45. The first kappa shape index (κ1) is 30.8. The van der Waals surface area contributed by atoms with Crippen LogP contribution in [-0.2, 0) is 4.43 Å². The third kappa shape index (κ3) is 7.48. The molecule has 0 bridgehead atoms. The molecule has 0 aliphatic heterocycles. The highest BCUT2D eigenvalue weighted by Crippen LogP contribution is 2.40. The van der Waals surface area contributed by atoms with Gasteiger partial charge >= 0.3 is 6.61 Å². The van der Waals surface area contributed by atoms with Crippen molar-refractivity contribution in [2.24, 2.45) is 0 Å². The van der Waals surface area contributed by atoms with Crippen molar-refractivity contribution >= 4 is 25.5 Å². The Morgan fingerprint density at radius 3 is 2.37 bits per heavy atom. The number of halogens is 2. The van der Waals surface area contributed by atoms with Gasteiger partial charge in [-0.3, -0.25) is 0 Å². The third-order valence-corrected chi connectivity index (χ3v) is 12.8. The SMILES string of the molecule is Cc1cc(Nc2cc3cc(-c4cc(OC(F)F)ncc4OC4CCC(O[Si](C)(C)C(C)(C)C)CC4)ccn3n2)nc(C)n1. The van der Waals surface area contributed by atoms with Crippen LogP contribution in [0.15, 0.2) is 42.7 Å². The van der Waals surface area contributed by atoms with Crippen molar-refractivity contribution in [2.75, 3.05) is 5.32 Å². The third-order valence-electron chi connectivity index (χ3n) is 8.23. The van der Waals surface area contributed by atoms with Crippen molar-refractivity contribution in [3.8, 4) is 22.8 Å². The lowest BCUT2D eigenvalue weighted by atomic mass is 9.95. The zero-order valence-corrected chi connectivity index (χ0v) is 26.8. The minimum absolute atomic E-state index is 0.0315. The average Bonchev–Trinajstić information content (AvgIpc) is 3.30. The Hall–Kier alpha value is -3.64. The van der Waals surface area contributed by atoms with Gasteiger partial charge in [0.1, 0.15) is 17.4 Å². The van der Waals surface area contributed by atoms with E-state index >= 15 is 0 Å². The number of hydrogen-bond acceptors (Lipinski definition) is 8. The molecule has 4 aromatic heterocycles. The van der Waals surface area contributed by atoms with Gasteiger partial charge in [-0.05, 0) is 75.4 Å². The second kappa shape index (κ2) is 12.2. The fourth-order valence-corrected chi connectivity index (χ4v) is 6.50. The van der Waals surface area contributed by atoms with Gasteiger partial charge in [-0.25, -0.2) is 19.5 Å². The molecule has 1 fully saturated rings. The van der Waals surface area contributed by atoms with Crippen molar-refractivity contribution in [3.05, 3.63) is 54.2 Å². The number of hydrogen-bond donors (Lipinski definition) is 1. The number of aromatic nitrogens is 5. The van der Waals surface area contributed by atoms with E-state index in [1.165, 1.54) is 12.3 Å². The number of aryl methyl sites for hydroxylation is 2. The summed E-state index contributed by atoms with van der Waals surface area (Å²) in [4.78, 5) is 12.8. The van der Waals surface area contributed by atoms with E-state index < -0.39 is 14.9 Å². The Balaban J connectivity index is 1.36. The van der Waals surface area contributed by atoms with Gasteiger partial charge in [-0.1, -0.05) is 20.8 Å². The summed E-state index contributed by atoms with van der Waals surface area (Å²) in [6, 6.07) is 9.02. The number of nitrogens with zero attached hydrogens (tertiary/aromatic N) is 5. The van der Waals surface area contributed by atoms with Crippen LogP contribution in [-0.4, -0.2) is 51.7 Å². The maximum Gasteiger partial charge on any atom is 0.388 e. The molecule has 1 N–H and O–H groups in total. The van der Waals surface area contributed by atoms with Crippen molar-refractivity contribution in [2.45, 2.75) is 97.3 Å². The molecule has 5 rings (SSSR count). The molecule has 9 nitrogen and oxygen atoms in total. The summed E-state index contributed by atoms with van der Waals surface area (Å²) < 4.78 is 45.6. The summed E-state index contributed by atoms with van der Waals surface area (Å²) in [5.41, 5.74) is 3.03. The van der Waals surface area contributed by atoms with E-state index in [0.29, 0.717) is 28.8 Å². The highest BCUT2D eigenvalue weighted by atomic mass is 28.4. The molecule has 230 valence electrons. The molecule has 12 heteroatoms. The number of fused-ring (bicyclic) bond motifs is 1. The van der Waals surface area contributed by atoms with Crippen molar-refractivity contribution in [1.82, 2.24) is 24.6 Å². The number of rotatable bonds is 9. The van der Waals surface area contributed by atoms with E-state index in [9.17, 15) is 8.78 Å². The summed E-state index contributed by atoms with van der Waals surface area (Å²) in [7, 11) is -1.85. The molecule has 1 aliphatic rings. The Bertz CT molecular complexity index is 1560. The Labute approximate surface area is 252 Å². The summed E-state index contributed by atoms with van der Waals surface area (Å²) in [5.74, 6) is 2.27. The van der Waals surface area contributed by atoms with E-state index in [4.69, 9.17) is 9.16 Å². The molecule has 0 amide bonds. The Morgan fingerprint density at radius 2 is 1.70 bits per heavy atom. The van der Waals surface area contributed by atoms with E-state index in [2.05, 4.69) is 64.0 Å². The fourth-order valence-electron chi connectivity index (χ4n) is 5.08. The normalized spacial score (nSPS) is 17.8. The summed E-state index contributed by atoms with van der Waals surface area (Å²) in [5, 5.41) is 7.98. The van der Waals surface area contributed by atoms with Crippen LogP contribution in [0, 0.1) is 13.8 Å². The van der Waals surface area contributed by atoms with Crippen LogP contribution >= 0.6 is 0 Å². The lowest BCUT2D eigenvalue weighted by molar-refractivity contribution is -0.0528. The van der Waals surface area contributed by atoms with Crippen molar-refractivity contribution in [1.29, 1.82) is 0 Å². The molecule has 1 saturated carbocycles. The van der Waals surface area contributed by atoms with E-state index in [1.807, 2.05) is 44.3 Å². The molecule has 0 aromatic carbocycles. The monoisotopic (exact) mass is 610 g/mol. The van der Waals surface area contributed by atoms with Crippen LogP contribution in [0.2, 0.25) is 18.1 Å². The predicted molar refractivity (Wildman–Crippen MR) is 165 cm³/mol. The number of ether oxygens (including phenoxy) is 2. The molecule has 0 unspecified atom stereocenters. The molecular formula is C31H40F2N6O3Si. The maximum absolute atomic E-state index is 13.1. The van der Waals surface area contributed by atoms with Gasteiger partial charge in [0.05, 0.1) is 17.8 Å². The molecule has 1 aliphatic carbocycles. The van der Waals surface area contributed by atoms with Crippen LogP contribution < -0.4 is 14.8 Å². The van der Waals surface area contributed by atoms with Gasteiger partial charge < -0.3 is 19.2 Å². The number of alkyl halides is 2. The highest BCUT2D eigenvalue weighted by molar-refractivity contribution is 6.74. The van der Waals surface area contributed by atoms with Crippen LogP contribution in [0.1, 0.15) is 58.0 Å². The Morgan fingerprint density at radius 1 is 0.977 bits per heavy atom. The molecule has 0 radical (unpaired) electrons. The quantitative estimate of drug-likeness (QED) is 0.191. The molecule has 0 atom stereocenters. The van der Waals surface area contributed by atoms with E-state index in [1.54, 1.807) is 4.52 Å². The maximum atomic E-state index is 13.1. The van der Waals surface area contributed by atoms with Gasteiger partial charge in [-0.15, -0.1) is 0 Å². The molecule has 43 heavy (non-hydrogen) atoms. The van der Waals surface area contributed by atoms with Gasteiger partial charge in [0.25, 0.3) is 0 Å². The smallest absolute Gasteiger partial charge is 0.388 e. The Kier molecular flexibility index (Phi) is 8.71. The van der Waals surface area contributed by atoms with Crippen molar-refractivity contribution < 1.29 is 22.7 Å². The van der Waals surface area contributed by atoms with E-state index in [0.717, 1.165) is 42.5 Å². The first-order chi connectivity index (χ1) is 20.3. The first-order valence-corrected chi connectivity index (χ1v) is 17.5. The average molecular weight is 611 g/mol. The van der Waals surface area contributed by atoms with Gasteiger partial charge in [0.15, 0.2) is 14.1 Å². The standard InChI is InChI=1S/C31H40F2N6O3Si/c1-19-14-27(36-20(2)35-19)37-28-16-22-15-21(12-13-39(22)38-28)25-17-29(41-30(32)33)34-18-26(25)40-23-8-10-24(11-9-23)42-43(6,7)31(3,4)5/h12-18,23-24,30H,8-11H2,1-7H3,(H,35,36,37,38). The second-order valence-corrected chi connectivity index (χ2v) is 17.4. The summed E-state index contributed by atoms with van der Waals surface area (Å²) in [6.07, 6.45) is 6.98. The largest absolute Gasteiger partial charge is 0.488 e. The minimum atomic E-state index is -2.98. The zero-order chi connectivity index (χ0) is 30.9.